The lowest BCUT2D eigenvalue weighted by molar-refractivity contribution is 0.0782. The number of nitrogens with zero attached hydrogens (tertiary/aromatic N) is 5. The third-order valence-electron chi connectivity index (χ3n) is 5.89. The van der Waals surface area contributed by atoms with E-state index in [9.17, 15) is 4.79 Å². The Kier molecular flexibility index (Phi) is 4.72. The number of rotatable bonds is 6. The van der Waals surface area contributed by atoms with Gasteiger partial charge in [-0.05, 0) is 56.2 Å². The molecule has 0 spiro atoms. The van der Waals surface area contributed by atoms with Crippen molar-refractivity contribution >= 4 is 11.7 Å². The molecule has 0 bridgehead atoms. The number of nitrogens with one attached hydrogen (secondary N) is 1. The van der Waals surface area contributed by atoms with E-state index >= 15 is 0 Å². The molecule has 5 rings (SSSR count). The minimum absolute atomic E-state index is 0.0813. The standard InChI is InChI=1S/C20H26N6O2/c27-20(16-5-6-18(24-23-16)25-10-1-2-11-25)22-15-8-12-28-19(15)17-7-9-21-26(17)13-14-3-4-14/h5-7,9,14-15,19H,1-4,8,10-13H2,(H,22,27)/t15-,19-/m1/s1. The second kappa shape index (κ2) is 7.50. The summed E-state index contributed by atoms with van der Waals surface area (Å²) in [6, 6.07) is 5.57. The summed E-state index contributed by atoms with van der Waals surface area (Å²) < 4.78 is 8.00. The Hall–Kier alpha value is -2.48. The van der Waals surface area contributed by atoms with E-state index in [4.69, 9.17) is 4.74 Å². The van der Waals surface area contributed by atoms with E-state index in [2.05, 4.69) is 25.5 Å². The molecule has 2 atom stereocenters. The van der Waals surface area contributed by atoms with Crippen LogP contribution in [0, 0.1) is 5.92 Å². The van der Waals surface area contributed by atoms with Gasteiger partial charge < -0.3 is 15.0 Å². The zero-order valence-corrected chi connectivity index (χ0v) is 16.0. The number of carbonyl (C=O) groups excluding carboxylic acids is 1. The van der Waals surface area contributed by atoms with E-state index in [0.29, 0.717) is 12.3 Å². The normalized spacial score (nSPS) is 24.6. The molecule has 1 aliphatic carbocycles. The lowest BCUT2D eigenvalue weighted by Gasteiger charge is -2.21. The van der Waals surface area contributed by atoms with Crippen molar-refractivity contribution in [3.8, 4) is 0 Å². The highest BCUT2D eigenvalue weighted by molar-refractivity contribution is 5.92. The van der Waals surface area contributed by atoms with Gasteiger partial charge in [-0.2, -0.15) is 5.10 Å². The molecule has 1 N–H and O–H groups in total. The number of hydrogen-bond acceptors (Lipinski definition) is 6. The molecule has 2 aromatic heterocycles. The summed E-state index contributed by atoms with van der Waals surface area (Å²) in [5.74, 6) is 1.38. The van der Waals surface area contributed by atoms with Gasteiger partial charge in [-0.1, -0.05) is 0 Å². The van der Waals surface area contributed by atoms with Gasteiger partial charge in [0.2, 0.25) is 0 Å². The van der Waals surface area contributed by atoms with Crippen LogP contribution in [0.3, 0.4) is 0 Å². The van der Waals surface area contributed by atoms with Crippen molar-refractivity contribution in [2.24, 2.45) is 5.92 Å². The van der Waals surface area contributed by atoms with Gasteiger partial charge in [-0.15, -0.1) is 10.2 Å². The van der Waals surface area contributed by atoms with E-state index in [-0.39, 0.29) is 18.1 Å². The summed E-state index contributed by atoms with van der Waals surface area (Å²) in [6.45, 7) is 3.59. The zero-order valence-electron chi connectivity index (χ0n) is 16.0. The van der Waals surface area contributed by atoms with Crippen LogP contribution in [-0.4, -0.2) is 51.6 Å². The van der Waals surface area contributed by atoms with E-state index in [0.717, 1.165) is 43.5 Å². The van der Waals surface area contributed by atoms with Crippen LogP contribution >= 0.6 is 0 Å². The van der Waals surface area contributed by atoms with Crippen molar-refractivity contribution < 1.29 is 9.53 Å². The molecule has 4 heterocycles. The van der Waals surface area contributed by atoms with Gasteiger partial charge in [-0.25, -0.2) is 0 Å². The SMILES string of the molecule is O=C(N[C@@H]1CCO[C@H]1c1ccnn1CC1CC1)c1ccc(N2CCCC2)nn1. The largest absolute Gasteiger partial charge is 0.370 e. The molecule has 0 aromatic carbocycles. The number of hydrogen-bond donors (Lipinski definition) is 1. The van der Waals surface area contributed by atoms with Crippen molar-refractivity contribution in [3.63, 3.8) is 0 Å². The molecule has 8 heteroatoms. The molecule has 3 fully saturated rings. The number of amides is 1. The molecule has 0 radical (unpaired) electrons. The lowest BCUT2D eigenvalue weighted by Crippen LogP contribution is -2.38. The zero-order chi connectivity index (χ0) is 18.9. The van der Waals surface area contributed by atoms with Crippen LogP contribution in [0.4, 0.5) is 5.82 Å². The van der Waals surface area contributed by atoms with E-state index in [1.54, 1.807) is 6.07 Å². The highest BCUT2D eigenvalue weighted by Gasteiger charge is 2.34. The minimum Gasteiger partial charge on any atom is -0.370 e. The van der Waals surface area contributed by atoms with Crippen molar-refractivity contribution in [2.45, 2.75) is 50.8 Å². The first-order valence-corrected chi connectivity index (χ1v) is 10.3. The number of anilines is 1. The molecule has 2 aliphatic heterocycles. The van der Waals surface area contributed by atoms with Crippen molar-refractivity contribution in [3.05, 3.63) is 35.8 Å². The van der Waals surface area contributed by atoms with Crippen LogP contribution in [-0.2, 0) is 11.3 Å². The fraction of sp³-hybridized carbons (Fsp3) is 0.600. The highest BCUT2D eigenvalue weighted by atomic mass is 16.5. The molecule has 0 unspecified atom stereocenters. The maximum Gasteiger partial charge on any atom is 0.272 e. The van der Waals surface area contributed by atoms with Gasteiger partial charge in [-0.3, -0.25) is 9.48 Å². The molecule has 2 saturated heterocycles. The molecule has 1 amide bonds. The predicted octanol–water partition coefficient (Wildman–Crippen LogP) is 1.94. The first-order chi connectivity index (χ1) is 13.8. The second-order valence-electron chi connectivity index (χ2n) is 8.01. The number of carbonyl (C=O) groups is 1. The van der Waals surface area contributed by atoms with Gasteiger partial charge in [0.25, 0.3) is 5.91 Å². The third kappa shape index (κ3) is 3.61. The van der Waals surface area contributed by atoms with Crippen molar-refractivity contribution in [1.82, 2.24) is 25.3 Å². The second-order valence-corrected chi connectivity index (χ2v) is 8.01. The first-order valence-electron chi connectivity index (χ1n) is 10.3. The monoisotopic (exact) mass is 382 g/mol. The first kappa shape index (κ1) is 17.6. The van der Waals surface area contributed by atoms with Gasteiger partial charge in [0.15, 0.2) is 11.5 Å². The summed E-state index contributed by atoms with van der Waals surface area (Å²) in [4.78, 5) is 14.9. The Morgan fingerprint density at radius 1 is 1.14 bits per heavy atom. The number of aromatic nitrogens is 4. The number of ether oxygens (including phenoxy) is 1. The highest BCUT2D eigenvalue weighted by Crippen LogP contribution is 2.34. The van der Waals surface area contributed by atoms with Crippen LogP contribution in [0.25, 0.3) is 0 Å². The van der Waals surface area contributed by atoms with Crippen LogP contribution in [0.15, 0.2) is 24.4 Å². The fourth-order valence-electron chi connectivity index (χ4n) is 4.11. The van der Waals surface area contributed by atoms with Gasteiger partial charge in [0.1, 0.15) is 6.10 Å². The maximum absolute atomic E-state index is 12.7. The summed E-state index contributed by atoms with van der Waals surface area (Å²) in [5.41, 5.74) is 1.39. The van der Waals surface area contributed by atoms with E-state index < -0.39 is 0 Å². The lowest BCUT2D eigenvalue weighted by atomic mass is 10.1. The Bertz CT molecular complexity index is 825. The smallest absolute Gasteiger partial charge is 0.272 e. The maximum atomic E-state index is 12.7. The van der Waals surface area contributed by atoms with Gasteiger partial charge in [0, 0.05) is 32.4 Å². The quantitative estimate of drug-likeness (QED) is 0.822. The van der Waals surface area contributed by atoms with Crippen LogP contribution in [0.2, 0.25) is 0 Å². The van der Waals surface area contributed by atoms with Gasteiger partial charge >= 0.3 is 0 Å². The summed E-state index contributed by atoms with van der Waals surface area (Å²) >= 11 is 0. The third-order valence-corrected chi connectivity index (χ3v) is 5.89. The molecule has 28 heavy (non-hydrogen) atoms. The average molecular weight is 382 g/mol. The Morgan fingerprint density at radius 2 is 2.00 bits per heavy atom. The van der Waals surface area contributed by atoms with Crippen molar-refractivity contribution in [2.75, 3.05) is 24.6 Å². The summed E-state index contributed by atoms with van der Waals surface area (Å²) in [6.07, 6.45) is 7.36. The molecule has 3 aliphatic rings. The van der Waals surface area contributed by atoms with Gasteiger partial charge in [0.05, 0.1) is 11.7 Å². The summed E-state index contributed by atoms with van der Waals surface area (Å²) in [7, 11) is 0. The van der Waals surface area contributed by atoms with Crippen LogP contribution < -0.4 is 10.2 Å². The Morgan fingerprint density at radius 3 is 2.75 bits per heavy atom. The molecule has 8 nitrogen and oxygen atoms in total. The van der Waals surface area contributed by atoms with E-state index in [1.165, 1.54) is 25.7 Å². The molecule has 1 saturated carbocycles. The predicted molar refractivity (Wildman–Crippen MR) is 103 cm³/mol. The minimum atomic E-state index is -0.200. The molecular weight excluding hydrogens is 356 g/mol. The average Bonchev–Trinajstić information content (AvgIpc) is 3.11. The molecule has 148 valence electrons. The van der Waals surface area contributed by atoms with Crippen LogP contribution in [0.1, 0.15) is 54.4 Å². The topological polar surface area (TPSA) is 85.2 Å². The van der Waals surface area contributed by atoms with E-state index in [1.807, 2.05) is 23.0 Å². The molecule has 2 aromatic rings. The van der Waals surface area contributed by atoms with Crippen molar-refractivity contribution in [1.29, 1.82) is 0 Å². The fourth-order valence-corrected chi connectivity index (χ4v) is 4.11. The Labute approximate surface area is 164 Å². The van der Waals surface area contributed by atoms with Crippen LogP contribution in [0.5, 0.6) is 0 Å². The Balaban J connectivity index is 1.25. The summed E-state index contributed by atoms with van der Waals surface area (Å²) in [5, 5.41) is 16.0. The molecular formula is C20H26N6O2.